The number of amides is 1. The number of carbonyl (C=O) groups excluding carboxylic acids is 1. The van der Waals surface area contributed by atoms with E-state index in [1.165, 1.54) is 0 Å². The molecular weight excluding hydrogens is 220 g/mol. The molecule has 1 heterocycles. The second kappa shape index (κ2) is 5.25. The van der Waals surface area contributed by atoms with E-state index in [9.17, 15) is 4.79 Å². The van der Waals surface area contributed by atoms with Crippen molar-refractivity contribution in [2.24, 2.45) is 0 Å². The third kappa shape index (κ3) is 2.92. The molecule has 16 heavy (non-hydrogen) atoms. The van der Waals surface area contributed by atoms with E-state index in [-0.39, 0.29) is 5.91 Å². The van der Waals surface area contributed by atoms with Crippen molar-refractivity contribution in [3.63, 3.8) is 0 Å². The van der Waals surface area contributed by atoms with Gasteiger partial charge in [-0.2, -0.15) is 11.8 Å². The number of anilines is 1. The van der Waals surface area contributed by atoms with Crippen molar-refractivity contribution in [2.45, 2.75) is 18.9 Å². The zero-order chi connectivity index (χ0) is 11.4. The van der Waals surface area contributed by atoms with Crippen LogP contribution in [0.1, 0.15) is 23.2 Å². The van der Waals surface area contributed by atoms with Crippen LogP contribution in [-0.2, 0) is 0 Å². The lowest BCUT2D eigenvalue weighted by atomic mass is 10.1. The maximum Gasteiger partial charge on any atom is 0.251 e. The summed E-state index contributed by atoms with van der Waals surface area (Å²) < 4.78 is 0. The zero-order valence-electron chi connectivity index (χ0n) is 9.11. The maximum absolute atomic E-state index is 11.9. The Hall–Kier alpha value is -1.16. The van der Waals surface area contributed by atoms with Crippen molar-refractivity contribution in [3.05, 3.63) is 29.8 Å². The summed E-state index contributed by atoms with van der Waals surface area (Å²) in [6, 6.07) is 7.38. The molecule has 1 fully saturated rings. The third-order valence-electron chi connectivity index (χ3n) is 2.73. The van der Waals surface area contributed by atoms with Gasteiger partial charge in [0.25, 0.3) is 5.91 Å². The molecule has 0 saturated carbocycles. The van der Waals surface area contributed by atoms with Crippen LogP contribution in [0, 0.1) is 0 Å². The van der Waals surface area contributed by atoms with E-state index in [0.717, 1.165) is 24.3 Å². The fourth-order valence-corrected chi connectivity index (χ4v) is 2.85. The molecule has 0 spiro atoms. The molecule has 86 valence electrons. The van der Waals surface area contributed by atoms with E-state index >= 15 is 0 Å². The average Bonchev–Trinajstić information content (AvgIpc) is 2.31. The summed E-state index contributed by atoms with van der Waals surface area (Å²) in [5.41, 5.74) is 6.95. The Labute approximate surface area is 99.8 Å². The Morgan fingerprint density at radius 3 is 2.50 bits per heavy atom. The SMILES string of the molecule is Nc1ccc(C(=O)NC2CCSCC2)cc1. The van der Waals surface area contributed by atoms with Gasteiger partial charge in [0.05, 0.1) is 0 Å². The summed E-state index contributed by atoms with van der Waals surface area (Å²) in [7, 11) is 0. The third-order valence-corrected chi connectivity index (χ3v) is 3.78. The second-order valence-electron chi connectivity index (χ2n) is 3.98. The first-order valence-electron chi connectivity index (χ1n) is 5.50. The van der Waals surface area contributed by atoms with Crippen LogP contribution in [0.25, 0.3) is 0 Å². The quantitative estimate of drug-likeness (QED) is 0.771. The van der Waals surface area contributed by atoms with Gasteiger partial charge in [-0.1, -0.05) is 0 Å². The number of benzene rings is 1. The molecule has 1 amide bonds. The highest BCUT2D eigenvalue weighted by molar-refractivity contribution is 7.99. The molecule has 4 heteroatoms. The minimum absolute atomic E-state index is 0.0110. The molecule has 1 saturated heterocycles. The molecule has 0 radical (unpaired) electrons. The summed E-state index contributed by atoms with van der Waals surface area (Å²) in [4.78, 5) is 11.9. The molecule has 0 aromatic heterocycles. The number of hydrogen-bond acceptors (Lipinski definition) is 3. The van der Waals surface area contributed by atoms with E-state index in [0.29, 0.717) is 17.3 Å². The zero-order valence-corrected chi connectivity index (χ0v) is 9.93. The monoisotopic (exact) mass is 236 g/mol. The van der Waals surface area contributed by atoms with Gasteiger partial charge < -0.3 is 11.1 Å². The normalized spacial score (nSPS) is 17.0. The molecular formula is C12H16N2OS. The minimum Gasteiger partial charge on any atom is -0.399 e. The molecule has 3 N–H and O–H groups in total. The van der Waals surface area contributed by atoms with Gasteiger partial charge in [-0.3, -0.25) is 4.79 Å². The van der Waals surface area contributed by atoms with Gasteiger partial charge in [0.15, 0.2) is 0 Å². The first-order valence-corrected chi connectivity index (χ1v) is 6.65. The summed E-state index contributed by atoms with van der Waals surface area (Å²) >= 11 is 1.96. The number of nitrogen functional groups attached to an aromatic ring is 1. The Morgan fingerprint density at radius 2 is 1.88 bits per heavy atom. The summed E-state index contributed by atoms with van der Waals surface area (Å²) in [5.74, 6) is 2.30. The molecule has 0 aliphatic carbocycles. The van der Waals surface area contributed by atoms with Crippen LogP contribution >= 0.6 is 11.8 Å². The highest BCUT2D eigenvalue weighted by atomic mass is 32.2. The fraction of sp³-hybridized carbons (Fsp3) is 0.417. The van der Waals surface area contributed by atoms with Gasteiger partial charge in [-0.15, -0.1) is 0 Å². The number of carbonyl (C=O) groups is 1. The smallest absolute Gasteiger partial charge is 0.251 e. The van der Waals surface area contributed by atoms with Gasteiger partial charge in [-0.25, -0.2) is 0 Å². The van der Waals surface area contributed by atoms with Crippen LogP contribution in [0.15, 0.2) is 24.3 Å². The second-order valence-corrected chi connectivity index (χ2v) is 5.21. The Balaban J connectivity index is 1.94. The van der Waals surface area contributed by atoms with Crippen molar-refractivity contribution in [1.29, 1.82) is 0 Å². The first kappa shape index (κ1) is 11.3. The van der Waals surface area contributed by atoms with Crippen molar-refractivity contribution in [1.82, 2.24) is 5.32 Å². The lowest BCUT2D eigenvalue weighted by molar-refractivity contribution is 0.0935. The fourth-order valence-electron chi connectivity index (χ4n) is 1.75. The van der Waals surface area contributed by atoms with E-state index in [2.05, 4.69) is 5.32 Å². The van der Waals surface area contributed by atoms with Crippen LogP contribution in [0.3, 0.4) is 0 Å². The lowest BCUT2D eigenvalue weighted by Crippen LogP contribution is -2.37. The maximum atomic E-state index is 11.9. The molecule has 1 aromatic carbocycles. The minimum atomic E-state index is 0.0110. The average molecular weight is 236 g/mol. The van der Waals surface area contributed by atoms with E-state index < -0.39 is 0 Å². The Morgan fingerprint density at radius 1 is 1.25 bits per heavy atom. The molecule has 0 bridgehead atoms. The molecule has 3 nitrogen and oxygen atoms in total. The van der Waals surface area contributed by atoms with Gasteiger partial charge in [-0.05, 0) is 48.6 Å². The number of rotatable bonds is 2. The van der Waals surface area contributed by atoms with Crippen LogP contribution in [0.4, 0.5) is 5.69 Å². The van der Waals surface area contributed by atoms with Crippen molar-refractivity contribution in [3.8, 4) is 0 Å². The van der Waals surface area contributed by atoms with Crippen LogP contribution in [-0.4, -0.2) is 23.5 Å². The summed E-state index contributed by atoms with van der Waals surface area (Å²) in [6.45, 7) is 0. The van der Waals surface area contributed by atoms with Crippen LogP contribution in [0.2, 0.25) is 0 Å². The Bertz CT molecular complexity index is 358. The largest absolute Gasteiger partial charge is 0.399 e. The Kier molecular flexibility index (Phi) is 3.72. The first-order chi connectivity index (χ1) is 7.75. The number of hydrogen-bond donors (Lipinski definition) is 2. The van der Waals surface area contributed by atoms with Gasteiger partial charge in [0.1, 0.15) is 0 Å². The standard InChI is InChI=1S/C12H16N2OS/c13-10-3-1-9(2-4-10)12(15)14-11-5-7-16-8-6-11/h1-4,11H,5-8,13H2,(H,14,15). The molecule has 0 unspecified atom stereocenters. The number of thioether (sulfide) groups is 1. The van der Waals surface area contributed by atoms with Crippen LogP contribution < -0.4 is 11.1 Å². The van der Waals surface area contributed by atoms with Crippen molar-refractivity contribution < 1.29 is 4.79 Å². The van der Waals surface area contributed by atoms with E-state index in [4.69, 9.17) is 5.73 Å². The van der Waals surface area contributed by atoms with E-state index in [1.807, 2.05) is 11.8 Å². The molecule has 1 aliphatic rings. The van der Waals surface area contributed by atoms with Gasteiger partial charge in [0.2, 0.25) is 0 Å². The summed E-state index contributed by atoms with van der Waals surface area (Å²) in [5, 5.41) is 3.06. The number of nitrogens with one attached hydrogen (secondary N) is 1. The lowest BCUT2D eigenvalue weighted by Gasteiger charge is -2.22. The summed E-state index contributed by atoms with van der Waals surface area (Å²) in [6.07, 6.45) is 2.15. The molecule has 2 rings (SSSR count). The van der Waals surface area contributed by atoms with Crippen molar-refractivity contribution >= 4 is 23.4 Å². The van der Waals surface area contributed by atoms with Crippen molar-refractivity contribution in [2.75, 3.05) is 17.2 Å². The predicted molar refractivity (Wildman–Crippen MR) is 68.7 cm³/mol. The van der Waals surface area contributed by atoms with Crippen LogP contribution in [0.5, 0.6) is 0 Å². The molecule has 1 aliphatic heterocycles. The van der Waals surface area contributed by atoms with Gasteiger partial charge in [0, 0.05) is 17.3 Å². The molecule has 0 atom stereocenters. The van der Waals surface area contributed by atoms with E-state index in [1.54, 1.807) is 24.3 Å². The predicted octanol–water partition coefficient (Wildman–Crippen LogP) is 1.89. The number of nitrogens with two attached hydrogens (primary N) is 1. The highest BCUT2D eigenvalue weighted by Crippen LogP contribution is 2.17. The van der Waals surface area contributed by atoms with Gasteiger partial charge >= 0.3 is 0 Å². The topological polar surface area (TPSA) is 55.1 Å². The molecule has 1 aromatic rings. The highest BCUT2D eigenvalue weighted by Gasteiger charge is 2.16.